The molecule has 2 N–H and O–H groups in total. The van der Waals surface area contributed by atoms with Gasteiger partial charge in [0, 0.05) is 32.0 Å². The summed E-state index contributed by atoms with van der Waals surface area (Å²) in [6.45, 7) is 2.22. The lowest BCUT2D eigenvalue weighted by Gasteiger charge is -2.37. The number of carbonyl (C=O) groups is 2. The summed E-state index contributed by atoms with van der Waals surface area (Å²) in [4.78, 5) is 25.0. The Kier molecular flexibility index (Phi) is 5.40. The molecule has 0 saturated carbocycles. The number of hydrogen-bond acceptors (Lipinski definition) is 3. The molecule has 2 bridgehead atoms. The Hall–Kier alpha value is -1.10. The summed E-state index contributed by atoms with van der Waals surface area (Å²) in [5.41, 5.74) is 0. The minimum Gasteiger partial charge on any atom is -0.393 e. The van der Waals surface area contributed by atoms with Crippen LogP contribution in [0.5, 0.6) is 0 Å². The van der Waals surface area contributed by atoms with Crippen LogP contribution in [-0.4, -0.2) is 46.6 Å². The fourth-order valence-corrected chi connectivity index (χ4v) is 3.53. The van der Waals surface area contributed by atoms with Crippen LogP contribution in [0.1, 0.15) is 58.3 Å². The van der Waals surface area contributed by atoms with Gasteiger partial charge in [-0.15, -0.1) is 0 Å². The number of fused-ring (bicyclic) bond motifs is 2. The van der Waals surface area contributed by atoms with Gasteiger partial charge in [-0.25, -0.2) is 0 Å². The summed E-state index contributed by atoms with van der Waals surface area (Å²) < 4.78 is 0. The van der Waals surface area contributed by atoms with Crippen molar-refractivity contribution in [3.63, 3.8) is 0 Å². The molecule has 5 nitrogen and oxygen atoms in total. The summed E-state index contributed by atoms with van der Waals surface area (Å²) in [7, 11) is 0. The maximum absolute atomic E-state index is 12.3. The first-order chi connectivity index (χ1) is 9.58. The van der Waals surface area contributed by atoms with Crippen LogP contribution >= 0.6 is 0 Å². The molecule has 0 aromatic rings. The van der Waals surface area contributed by atoms with Gasteiger partial charge in [-0.1, -0.05) is 6.42 Å². The average molecular weight is 282 g/mol. The first kappa shape index (κ1) is 15.3. The van der Waals surface area contributed by atoms with Crippen molar-refractivity contribution in [2.75, 3.05) is 6.54 Å². The Bertz CT molecular complexity index is 345. The minimum absolute atomic E-state index is 0.00419. The topological polar surface area (TPSA) is 69.6 Å². The van der Waals surface area contributed by atoms with Crippen LogP contribution in [0, 0.1) is 0 Å². The first-order valence-electron chi connectivity index (χ1n) is 7.81. The van der Waals surface area contributed by atoms with E-state index < -0.39 is 0 Å². The molecular formula is C15H26N2O3. The van der Waals surface area contributed by atoms with E-state index in [1.165, 1.54) is 6.92 Å². The number of aliphatic hydroxyl groups excluding tert-OH is 1. The average Bonchev–Trinajstić information content (AvgIpc) is 2.65. The van der Waals surface area contributed by atoms with Gasteiger partial charge in [0.1, 0.15) is 0 Å². The SMILES string of the molecule is CC(=O)NCCCCCC(=O)N1C2CCC1CC(O)C2. The van der Waals surface area contributed by atoms with Gasteiger partial charge in [0.15, 0.2) is 0 Å². The zero-order chi connectivity index (χ0) is 14.5. The highest BCUT2D eigenvalue weighted by Crippen LogP contribution is 2.36. The molecule has 2 atom stereocenters. The Morgan fingerprint density at radius 2 is 1.80 bits per heavy atom. The molecule has 0 radical (unpaired) electrons. The molecule has 0 aromatic heterocycles. The van der Waals surface area contributed by atoms with Gasteiger partial charge >= 0.3 is 0 Å². The van der Waals surface area contributed by atoms with E-state index in [1.807, 2.05) is 4.90 Å². The molecule has 2 saturated heterocycles. The van der Waals surface area contributed by atoms with Crippen molar-refractivity contribution >= 4 is 11.8 Å². The third-order valence-electron chi connectivity index (χ3n) is 4.44. The number of hydrogen-bond donors (Lipinski definition) is 2. The van der Waals surface area contributed by atoms with Gasteiger partial charge in [0.2, 0.25) is 11.8 Å². The fraction of sp³-hybridized carbons (Fsp3) is 0.867. The van der Waals surface area contributed by atoms with Gasteiger partial charge in [-0.05, 0) is 38.5 Å². The van der Waals surface area contributed by atoms with Gasteiger partial charge in [-0.2, -0.15) is 0 Å². The number of carbonyl (C=O) groups excluding carboxylic acids is 2. The molecule has 2 heterocycles. The third-order valence-corrected chi connectivity index (χ3v) is 4.44. The number of rotatable bonds is 6. The lowest BCUT2D eigenvalue weighted by Crippen LogP contribution is -2.47. The second-order valence-corrected chi connectivity index (χ2v) is 6.10. The van der Waals surface area contributed by atoms with Crippen molar-refractivity contribution in [2.45, 2.75) is 76.5 Å². The number of unbranched alkanes of at least 4 members (excludes halogenated alkanes) is 2. The Labute approximate surface area is 120 Å². The molecule has 2 amide bonds. The number of aliphatic hydroxyl groups is 1. The number of amides is 2. The summed E-state index contributed by atoms with van der Waals surface area (Å²) in [5, 5.41) is 12.5. The fourth-order valence-electron chi connectivity index (χ4n) is 3.53. The van der Waals surface area contributed by atoms with Crippen LogP contribution in [0.15, 0.2) is 0 Å². The smallest absolute Gasteiger partial charge is 0.223 e. The zero-order valence-corrected chi connectivity index (χ0v) is 12.3. The molecule has 2 aliphatic heterocycles. The molecule has 0 aromatic carbocycles. The lowest BCUT2D eigenvalue weighted by atomic mass is 9.99. The largest absolute Gasteiger partial charge is 0.393 e. The van der Waals surface area contributed by atoms with Crippen molar-refractivity contribution in [1.82, 2.24) is 10.2 Å². The Morgan fingerprint density at radius 3 is 2.40 bits per heavy atom. The predicted octanol–water partition coefficient (Wildman–Crippen LogP) is 1.20. The normalized spacial score (nSPS) is 28.5. The minimum atomic E-state index is -0.214. The molecule has 2 aliphatic rings. The molecule has 114 valence electrons. The van der Waals surface area contributed by atoms with Crippen LogP contribution in [0.3, 0.4) is 0 Å². The maximum atomic E-state index is 12.3. The van der Waals surface area contributed by atoms with Gasteiger partial charge in [0.05, 0.1) is 6.10 Å². The molecule has 0 spiro atoms. The highest BCUT2D eigenvalue weighted by atomic mass is 16.3. The molecule has 20 heavy (non-hydrogen) atoms. The van der Waals surface area contributed by atoms with Crippen LogP contribution in [0.2, 0.25) is 0 Å². The molecule has 2 fully saturated rings. The highest BCUT2D eigenvalue weighted by molar-refractivity contribution is 5.77. The van der Waals surface area contributed by atoms with Gasteiger partial charge in [0.25, 0.3) is 0 Å². The second kappa shape index (κ2) is 7.07. The van der Waals surface area contributed by atoms with E-state index in [4.69, 9.17) is 0 Å². The van der Waals surface area contributed by atoms with E-state index in [2.05, 4.69) is 5.32 Å². The van der Waals surface area contributed by atoms with Crippen LogP contribution in [0.4, 0.5) is 0 Å². The van der Waals surface area contributed by atoms with Crippen LogP contribution in [0.25, 0.3) is 0 Å². The number of nitrogens with one attached hydrogen (secondary N) is 1. The highest BCUT2D eigenvalue weighted by Gasteiger charge is 2.42. The van der Waals surface area contributed by atoms with Gasteiger partial charge < -0.3 is 15.3 Å². The van der Waals surface area contributed by atoms with E-state index in [1.54, 1.807) is 0 Å². The Morgan fingerprint density at radius 1 is 1.15 bits per heavy atom. The maximum Gasteiger partial charge on any atom is 0.223 e. The first-order valence-corrected chi connectivity index (χ1v) is 7.81. The molecule has 0 aliphatic carbocycles. The third kappa shape index (κ3) is 3.95. The van der Waals surface area contributed by atoms with Crippen LogP contribution in [-0.2, 0) is 9.59 Å². The van der Waals surface area contributed by atoms with E-state index >= 15 is 0 Å². The number of nitrogens with zero attached hydrogens (tertiary/aromatic N) is 1. The van der Waals surface area contributed by atoms with Crippen molar-refractivity contribution in [3.8, 4) is 0 Å². The molecule has 2 unspecified atom stereocenters. The monoisotopic (exact) mass is 282 g/mol. The Balaban J connectivity index is 1.64. The number of piperidine rings is 1. The molecule has 2 rings (SSSR count). The molecular weight excluding hydrogens is 256 g/mol. The van der Waals surface area contributed by atoms with Crippen molar-refractivity contribution in [1.29, 1.82) is 0 Å². The van der Waals surface area contributed by atoms with E-state index in [0.29, 0.717) is 13.0 Å². The molecule has 5 heteroatoms. The summed E-state index contributed by atoms with van der Waals surface area (Å²) in [6, 6.07) is 0.547. The standard InChI is InChI=1S/C15H26N2O3/c1-11(18)16-8-4-2-3-5-15(20)17-12-6-7-13(17)10-14(19)9-12/h12-14,19H,2-10H2,1H3,(H,16,18). The summed E-state index contributed by atoms with van der Waals surface area (Å²) in [6.07, 6.45) is 6.78. The van der Waals surface area contributed by atoms with Crippen molar-refractivity contribution < 1.29 is 14.7 Å². The van der Waals surface area contributed by atoms with Gasteiger partial charge in [-0.3, -0.25) is 9.59 Å². The van der Waals surface area contributed by atoms with E-state index in [0.717, 1.165) is 44.9 Å². The second-order valence-electron chi connectivity index (χ2n) is 6.10. The van der Waals surface area contributed by atoms with E-state index in [9.17, 15) is 14.7 Å². The summed E-state index contributed by atoms with van der Waals surface area (Å²) in [5.74, 6) is 0.258. The lowest BCUT2D eigenvalue weighted by molar-refractivity contribution is -0.137. The predicted molar refractivity (Wildman–Crippen MR) is 76.0 cm³/mol. The van der Waals surface area contributed by atoms with Crippen molar-refractivity contribution in [2.24, 2.45) is 0 Å². The van der Waals surface area contributed by atoms with E-state index in [-0.39, 0.29) is 30.0 Å². The summed E-state index contributed by atoms with van der Waals surface area (Å²) >= 11 is 0. The quantitative estimate of drug-likeness (QED) is 0.719. The zero-order valence-electron chi connectivity index (χ0n) is 12.3. The van der Waals surface area contributed by atoms with Crippen molar-refractivity contribution in [3.05, 3.63) is 0 Å². The van der Waals surface area contributed by atoms with Crippen LogP contribution < -0.4 is 5.32 Å².